The average molecular weight is 395 g/mol. The van der Waals surface area contributed by atoms with Crippen molar-refractivity contribution in [2.75, 3.05) is 0 Å². The van der Waals surface area contributed by atoms with Gasteiger partial charge < -0.3 is 19.6 Å². The summed E-state index contributed by atoms with van der Waals surface area (Å²) in [5, 5.41) is 12.2. The zero-order valence-corrected chi connectivity index (χ0v) is 17.0. The fraction of sp³-hybridized carbons (Fsp3) is 0.318. The van der Waals surface area contributed by atoms with Crippen LogP contribution in [0.15, 0.2) is 48.7 Å². The van der Waals surface area contributed by atoms with Crippen LogP contribution in [0.1, 0.15) is 32.0 Å². The number of nitrogens with zero attached hydrogens (tertiary/aromatic N) is 2. The summed E-state index contributed by atoms with van der Waals surface area (Å²) < 4.78 is 7.10. The molecule has 0 saturated heterocycles. The molecule has 0 spiro atoms. The smallest absolute Gasteiger partial charge is 0.408 e. The van der Waals surface area contributed by atoms with E-state index in [4.69, 9.17) is 9.72 Å². The van der Waals surface area contributed by atoms with Gasteiger partial charge in [-0.1, -0.05) is 36.4 Å². The number of carbonyl (C=O) groups excluding carboxylic acids is 1. The molecule has 3 rings (SSSR count). The first-order valence-electron chi connectivity index (χ1n) is 9.39. The van der Waals surface area contributed by atoms with Gasteiger partial charge in [0, 0.05) is 18.2 Å². The van der Waals surface area contributed by atoms with Gasteiger partial charge in [0.1, 0.15) is 17.3 Å². The Balaban J connectivity index is 2.01. The number of imidazole rings is 1. The van der Waals surface area contributed by atoms with E-state index in [-0.39, 0.29) is 6.42 Å². The Hall–Kier alpha value is -3.35. The number of aromatic nitrogens is 2. The maximum Gasteiger partial charge on any atom is 0.408 e. The topological polar surface area (TPSA) is 92.9 Å². The number of nitrogens with one attached hydrogen (secondary N) is 1. The third-order valence-electron chi connectivity index (χ3n) is 4.30. The Bertz CT molecular complexity index is 1040. The highest BCUT2D eigenvalue weighted by Crippen LogP contribution is 2.26. The largest absolute Gasteiger partial charge is 0.480 e. The highest BCUT2D eigenvalue weighted by Gasteiger charge is 2.27. The molecule has 0 aliphatic heterocycles. The number of aliphatic carboxylic acids is 1. The fourth-order valence-corrected chi connectivity index (χ4v) is 3.07. The second-order valence-electron chi connectivity index (χ2n) is 7.95. The number of alkyl carbamates (subject to hydrolysis) is 1. The van der Waals surface area contributed by atoms with Crippen LogP contribution in [-0.2, 0) is 16.0 Å². The van der Waals surface area contributed by atoms with Crippen molar-refractivity contribution in [3.05, 3.63) is 59.9 Å². The second kappa shape index (κ2) is 7.95. The average Bonchev–Trinajstić information content (AvgIpc) is 2.98. The van der Waals surface area contributed by atoms with Crippen LogP contribution in [0.25, 0.3) is 16.9 Å². The van der Waals surface area contributed by atoms with E-state index in [9.17, 15) is 14.7 Å². The summed E-state index contributed by atoms with van der Waals surface area (Å²) >= 11 is 0. The lowest BCUT2D eigenvalue weighted by Crippen LogP contribution is -2.44. The molecule has 0 fully saturated rings. The molecule has 2 N–H and O–H groups in total. The number of hydrogen-bond acceptors (Lipinski definition) is 4. The van der Waals surface area contributed by atoms with Gasteiger partial charge in [-0.3, -0.25) is 0 Å². The molecule has 1 unspecified atom stereocenters. The molecule has 2 heterocycles. The van der Waals surface area contributed by atoms with Crippen LogP contribution in [0.3, 0.4) is 0 Å². The monoisotopic (exact) mass is 395 g/mol. The lowest BCUT2D eigenvalue weighted by molar-refractivity contribution is -0.139. The quantitative estimate of drug-likeness (QED) is 0.685. The number of carbonyl (C=O) groups is 2. The van der Waals surface area contributed by atoms with E-state index in [0.717, 1.165) is 11.1 Å². The first kappa shape index (κ1) is 20.4. The third kappa shape index (κ3) is 4.93. The zero-order chi connectivity index (χ0) is 21.2. The van der Waals surface area contributed by atoms with E-state index in [2.05, 4.69) is 5.32 Å². The Labute approximate surface area is 169 Å². The zero-order valence-electron chi connectivity index (χ0n) is 17.0. The number of amides is 1. The molecular formula is C22H25N3O4. The van der Waals surface area contributed by atoms with Crippen molar-refractivity contribution in [1.29, 1.82) is 0 Å². The van der Waals surface area contributed by atoms with Crippen LogP contribution in [0, 0.1) is 6.92 Å². The van der Waals surface area contributed by atoms with Crippen molar-refractivity contribution in [3.8, 4) is 11.3 Å². The Kier molecular flexibility index (Phi) is 5.59. The molecule has 1 aromatic carbocycles. The normalized spacial score (nSPS) is 12.6. The molecule has 3 aromatic rings. The van der Waals surface area contributed by atoms with Crippen molar-refractivity contribution < 1.29 is 19.4 Å². The van der Waals surface area contributed by atoms with E-state index < -0.39 is 23.7 Å². The van der Waals surface area contributed by atoms with Crippen molar-refractivity contribution in [2.24, 2.45) is 0 Å². The summed E-state index contributed by atoms with van der Waals surface area (Å²) in [6.07, 6.45) is 1.20. The number of carboxylic acid groups (broad SMARTS) is 1. The molecule has 0 aliphatic rings. The molecule has 0 aliphatic carbocycles. The molecule has 1 atom stereocenters. The van der Waals surface area contributed by atoms with Crippen LogP contribution in [-0.4, -0.2) is 38.2 Å². The molecule has 0 radical (unpaired) electrons. The minimum absolute atomic E-state index is 0.0590. The van der Waals surface area contributed by atoms with Crippen molar-refractivity contribution in [2.45, 2.75) is 45.8 Å². The van der Waals surface area contributed by atoms with Crippen LogP contribution < -0.4 is 5.32 Å². The molecule has 1 amide bonds. The molecule has 152 valence electrons. The van der Waals surface area contributed by atoms with Crippen molar-refractivity contribution in [3.63, 3.8) is 0 Å². The predicted molar refractivity (Wildman–Crippen MR) is 110 cm³/mol. The molecule has 2 aromatic heterocycles. The van der Waals surface area contributed by atoms with Gasteiger partial charge in [0.25, 0.3) is 0 Å². The lowest BCUT2D eigenvalue weighted by atomic mass is 10.0. The number of hydrogen-bond donors (Lipinski definition) is 2. The number of rotatable bonds is 5. The molecular weight excluding hydrogens is 370 g/mol. The van der Waals surface area contributed by atoms with Gasteiger partial charge in [-0.2, -0.15) is 0 Å². The van der Waals surface area contributed by atoms with E-state index in [0.29, 0.717) is 17.0 Å². The van der Waals surface area contributed by atoms with Crippen LogP contribution >= 0.6 is 0 Å². The summed E-state index contributed by atoms with van der Waals surface area (Å²) in [5.74, 6) is -1.14. The maximum atomic E-state index is 12.2. The highest BCUT2D eigenvalue weighted by atomic mass is 16.6. The molecule has 0 saturated carbocycles. The van der Waals surface area contributed by atoms with E-state index in [1.807, 2.05) is 60.0 Å². The number of fused-ring (bicyclic) bond motifs is 1. The Morgan fingerprint density at radius 3 is 2.48 bits per heavy atom. The maximum absolute atomic E-state index is 12.2. The standard InChI is InChI=1S/C22H25N3O4/c1-14-10-11-18-24-19(15-8-6-5-7-9-15)17(25(18)13-14)12-16(20(26)27)23-21(28)29-22(2,3)4/h5-11,13,16H,12H2,1-4H3,(H,23,28)(H,26,27). The van der Waals surface area contributed by atoms with Crippen molar-refractivity contribution >= 4 is 17.7 Å². The Morgan fingerprint density at radius 1 is 1.17 bits per heavy atom. The van der Waals surface area contributed by atoms with Gasteiger partial charge in [0.2, 0.25) is 0 Å². The lowest BCUT2D eigenvalue weighted by Gasteiger charge is -2.22. The van der Waals surface area contributed by atoms with E-state index in [1.54, 1.807) is 20.8 Å². The minimum Gasteiger partial charge on any atom is -0.480 e. The van der Waals surface area contributed by atoms with Crippen LogP contribution in [0.4, 0.5) is 4.79 Å². The SMILES string of the molecule is Cc1ccc2nc(-c3ccccc3)c(CC(NC(=O)OC(C)(C)C)C(=O)O)n2c1. The van der Waals surface area contributed by atoms with Gasteiger partial charge in [-0.25, -0.2) is 14.6 Å². The summed E-state index contributed by atoms with van der Waals surface area (Å²) in [6.45, 7) is 7.13. The number of aryl methyl sites for hydroxylation is 1. The molecule has 7 nitrogen and oxygen atoms in total. The summed E-state index contributed by atoms with van der Waals surface area (Å²) in [7, 11) is 0. The van der Waals surface area contributed by atoms with Gasteiger partial charge in [0.15, 0.2) is 0 Å². The van der Waals surface area contributed by atoms with Gasteiger partial charge >= 0.3 is 12.1 Å². The van der Waals surface area contributed by atoms with Gasteiger partial charge in [-0.05, 0) is 39.3 Å². The molecule has 29 heavy (non-hydrogen) atoms. The summed E-state index contributed by atoms with van der Waals surface area (Å²) in [5.41, 5.74) is 3.29. The first-order chi connectivity index (χ1) is 13.6. The molecule has 0 bridgehead atoms. The summed E-state index contributed by atoms with van der Waals surface area (Å²) in [6, 6.07) is 12.3. The van der Waals surface area contributed by atoms with Gasteiger partial charge in [0.05, 0.1) is 11.4 Å². The van der Waals surface area contributed by atoms with E-state index >= 15 is 0 Å². The number of pyridine rings is 1. The first-order valence-corrected chi connectivity index (χ1v) is 9.39. The van der Waals surface area contributed by atoms with Crippen molar-refractivity contribution in [1.82, 2.24) is 14.7 Å². The van der Waals surface area contributed by atoms with Crippen LogP contribution in [0.2, 0.25) is 0 Å². The molecule has 7 heteroatoms. The number of ether oxygens (including phenoxy) is 1. The summed E-state index contributed by atoms with van der Waals surface area (Å²) in [4.78, 5) is 28.7. The second-order valence-corrected chi connectivity index (χ2v) is 7.95. The van der Waals surface area contributed by atoms with Gasteiger partial charge in [-0.15, -0.1) is 0 Å². The minimum atomic E-state index is -1.16. The Morgan fingerprint density at radius 2 is 1.86 bits per heavy atom. The predicted octanol–water partition coefficient (Wildman–Crippen LogP) is 3.83. The van der Waals surface area contributed by atoms with E-state index in [1.165, 1.54) is 0 Å². The fourth-order valence-electron chi connectivity index (χ4n) is 3.07. The highest BCUT2D eigenvalue weighted by molar-refractivity contribution is 5.81. The van der Waals surface area contributed by atoms with Crippen LogP contribution in [0.5, 0.6) is 0 Å². The number of carboxylic acids is 1. The number of benzene rings is 1. The third-order valence-corrected chi connectivity index (χ3v) is 4.30.